The van der Waals surface area contributed by atoms with E-state index in [0.29, 0.717) is 55.8 Å². The predicted octanol–water partition coefficient (Wildman–Crippen LogP) is 1.000. The molecule has 1 aromatic rings. The average molecular weight is 539 g/mol. The van der Waals surface area contributed by atoms with Crippen LogP contribution in [0.25, 0.3) is 0 Å². The van der Waals surface area contributed by atoms with Crippen molar-refractivity contribution in [2.45, 2.75) is 50.8 Å². The molecule has 1 atom stereocenters. The van der Waals surface area contributed by atoms with Crippen LogP contribution in [0.2, 0.25) is 0 Å². The highest BCUT2D eigenvalue weighted by molar-refractivity contribution is 6.06. The van der Waals surface area contributed by atoms with Crippen LogP contribution >= 0.6 is 12.4 Å². The van der Waals surface area contributed by atoms with Crippen LogP contribution in [-0.4, -0.2) is 86.8 Å². The molecule has 204 valence electrons. The minimum absolute atomic E-state index is 0. The van der Waals surface area contributed by atoms with E-state index in [1.807, 2.05) is 0 Å². The van der Waals surface area contributed by atoms with Crippen LogP contribution in [-0.2, 0) is 35.1 Å². The van der Waals surface area contributed by atoms with Gasteiger partial charge in [0.25, 0.3) is 5.91 Å². The van der Waals surface area contributed by atoms with Crippen LogP contribution in [0.15, 0.2) is 18.2 Å². The van der Waals surface area contributed by atoms with Gasteiger partial charge in [0.05, 0.1) is 45.6 Å². The van der Waals surface area contributed by atoms with Gasteiger partial charge in [0.1, 0.15) is 6.04 Å². The Kier molecular flexibility index (Phi) is 11.3. The molecule has 3 N–H and O–H groups in total. The molecule has 2 saturated heterocycles. The lowest BCUT2D eigenvalue weighted by Gasteiger charge is -2.29. The first kappa shape index (κ1) is 29.0. The van der Waals surface area contributed by atoms with E-state index < -0.39 is 11.9 Å². The van der Waals surface area contributed by atoms with Gasteiger partial charge in [-0.25, -0.2) is 0 Å². The first-order valence-electron chi connectivity index (χ1n) is 12.6. The number of piperidine rings is 2. The Morgan fingerprint density at radius 2 is 1.73 bits per heavy atom. The van der Waals surface area contributed by atoms with E-state index in [2.05, 4.69) is 16.0 Å². The highest BCUT2D eigenvalue weighted by Crippen LogP contribution is 2.32. The van der Waals surface area contributed by atoms with Gasteiger partial charge < -0.3 is 29.7 Å². The van der Waals surface area contributed by atoms with Gasteiger partial charge in [0.15, 0.2) is 0 Å². The SMILES string of the molecule is Cl.O=C1CCC(N2Cc3c(NC(=O)CCOCCOCCOC4CCNCC4)cccc3C2=O)C(=O)N1. The van der Waals surface area contributed by atoms with Gasteiger partial charge in [-0.2, -0.15) is 0 Å². The van der Waals surface area contributed by atoms with Gasteiger partial charge in [-0.05, 0) is 44.5 Å². The molecule has 12 heteroatoms. The molecule has 1 aromatic carbocycles. The van der Waals surface area contributed by atoms with Crippen molar-refractivity contribution in [3.63, 3.8) is 0 Å². The maximum atomic E-state index is 12.9. The number of ether oxygens (including phenoxy) is 3. The van der Waals surface area contributed by atoms with Gasteiger partial charge in [-0.1, -0.05) is 6.07 Å². The van der Waals surface area contributed by atoms with Crippen molar-refractivity contribution < 1.29 is 33.4 Å². The Labute approximate surface area is 222 Å². The second kappa shape index (κ2) is 14.4. The van der Waals surface area contributed by atoms with E-state index in [9.17, 15) is 19.2 Å². The Morgan fingerprint density at radius 3 is 2.49 bits per heavy atom. The summed E-state index contributed by atoms with van der Waals surface area (Å²) in [7, 11) is 0. The molecule has 3 heterocycles. The van der Waals surface area contributed by atoms with Gasteiger partial charge >= 0.3 is 0 Å². The molecular weight excluding hydrogens is 504 g/mol. The van der Waals surface area contributed by atoms with Crippen LogP contribution in [0, 0.1) is 0 Å². The van der Waals surface area contributed by atoms with Gasteiger partial charge in [-0.3, -0.25) is 24.5 Å². The van der Waals surface area contributed by atoms with Gasteiger partial charge in [-0.15, -0.1) is 12.4 Å². The molecule has 0 aliphatic carbocycles. The molecular formula is C25H35ClN4O7. The molecule has 0 saturated carbocycles. The Bertz CT molecular complexity index is 970. The fourth-order valence-electron chi connectivity index (χ4n) is 4.64. The normalized spacial score (nSPS) is 19.8. The zero-order valence-electron chi connectivity index (χ0n) is 20.8. The third kappa shape index (κ3) is 7.96. The number of hydrogen-bond donors (Lipinski definition) is 3. The van der Waals surface area contributed by atoms with Gasteiger partial charge in [0.2, 0.25) is 17.7 Å². The lowest BCUT2D eigenvalue weighted by Crippen LogP contribution is -2.52. The number of nitrogens with zero attached hydrogens (tertiary/aromatic N) is 1. The van der Waals surface area contributed by atoms with E-state index in [4.69, 9.17) is 14.2 Å². The van der Waals surface area contributed by atoms with Crippen molar-refractivity contribution in [1.82, 2.24) is 15.5 Å². The average Bonchev–Trinajstić information content (AvgIpc) is 3.21. The van der Waals surface area contributed by atoms with Crippen LogP contribution in [0.4, 0.5) is 5.69 Å². The van der Waals surface area contributed by atoms with E-state index in [1.165, 1.54) is 4.90 Å². The molecule has 0 spiro atoms. The fraction of sp³-hybridized carbons (Fsp3) is 0.600. The van der Waals surface area contributed by atoms with Crippen molar-refractivity contribution in [2.24, 2.45) is 0 Å². The Morgan fingerprint density at radius 1 is 1.00 bits per heavy atom. The van der Waals surface area contributed by atoms with Crippen molar-refractivity contribution >= 4 is 41.7 Å². The van der Waals surface area contributed by atoms with E-state index in [1.54, 1.807) is 18.2 Å². The Hall–Kier alpha value is -2.57. The number of nitrogens with one attached hydrogen (secondary N) is 3. The lowest BCUT2D eigenvalue weighted by molar-refractivity contribution is -0.137. The number of anilines is 1. The third-order valence-corrected chi connectivity index (χ3v) is 6.57. The zero-order valence-corrected chi connectivity index (χ0v) is 21.6. The smallest absolute Gasteiger partial charge is 0.255 e. The first-order valence-corrected chi connectivity index (χ1v) is 12.6. The molecule has 1 unspecified atom stereocenters. The fourth-order valence-corrected chi connectivity index (χ4v) is 4.64. The number of carbonyl (C=O) groups is 4. The minimum Gasteiger partial charge on any atom is -0.379 e. The second-order valence-corrected chi connectivity index (χ2v) is 9.07. The molecule has 3 aliphatic heterocycles. The summed E-state index contributed by atoms with van der Waals surface area (Å²) in [6, 6.07) is 4.42. The van der Waals surface area contributed by atoms with Gasteiger partial charge in [0, 0.05) is 29.8 Å². The second-order valence-electron chi connectivity index (χ2n) is 9.07. The van der Waals surface area contributed by atoms with Crippen molar-refractivity contribution in [2.75, 3.05) is 51.4 Å². The summed E-state index contributed by atoms with van der Waals surface area (Å²) in [5.41, 5.74) is 1.66. The highest BCUT2D eigenvalue weighted by atomic mass is 35.5. The number of imide groups is 1. The summed E-state index contributed by atoms with van der Waals surface area (Å²) in [6.07, 6.45) is 3.02. The largest absolute Gasteiger partial charge is 0.379 e. The third-order valence-electron chi connectivity index (χ3n) is 6.57. The molecule has 4 rings (SSSR count). The summed E-state index contributed by atoms with van der Waals surface area (Å²) < 4.78 is 16.8. The number of hydrogen-bond acceptors (Lipinski definition) is 8. The lowest BCUT2D eigenvalue weighted by atomic mass is 10.0. The maximum Gasteiger partial charge on any atom is 0.255 e. The molecule has 0 bridgehead atoms. The summed E-state index contributed by atoms with van der Waals surface area (Å²) in [6.45, 7) is 4.35. The standard InChI is InChI=1S/C25H34N4O7.ClH/c30-22-5-4-21(24(32)28-22)29-16-19-18(25(29)33)2-1-3-20(19)27-23(31)8-11-34-12-13-35-14-15-36-17-6-9-26-10-7-17;/h1-3,17,21,26H,4-16H2,(H,27,31)(H,28,30,32);1H. The summed E-state index contributed by atoms with van der Waals surface area (Å²) in [5, 5.41) is 8.44. The number of carbonyl (C=O) groups excluding carboxylic acids is 4. The highest BCUT2D eigenvalue weighted by Gasteiger charge is 2.39. The van der Waals surface area contributed by atoms with Crippen molar-refractivity contribution in [3.05, 3.63) is 29.3 Å². The quantitative estimate of drug-likeness (QED) is 0.265. The molecule has 11 nitrogen and oxygen atoms in total. The maximum absolute atomic E-state index is 12.9. The number of halogens is 1. The molecule has 2 fully saturated rings. The monoisotopic (exact) mass is 538 g/mol. The number of amides is 4. The van der Waals surface area contributed by atoms with Crippen LogP contribution in [0.1, 0.15) is 48.0 Å². The summed E-state index contributed by atoms with van der Waals surface area (Å²) in [5.74, 6) is -1.30. The molecule has 37 heavy (non-hydrogen) atoms. The number of fused-ring (bicyclic) bond motifs is 1. The Balaban J connectivity index is 0.00000380. The molecule has 3 aliphatic rings. The van der Waals surface area contributed by atoms with Crippen LogP contribution < -0.4 is 16.0 Å². The van der Waals surface area contributed by atoms with Crippen LogP contribution in [0.5, 0.6) is 0 Å². The number of rotatable bonds is 12. The van der Waals surface area contributed by atoms with E-state index in [0.717, 1.165) is 25.9 Å². The predicted molar refractivity (Wildman–Crippen MR) is 136 cm³/mol. The van der Waals surface area contributed by atoms with Crippen molar-refractivity contribution in [3.8, 4) is 0 Å². The van der Waals surface area contributed by atoms with E-state index >= 15 is 0 Å². The molecule has 0 aromatic heterocycles. The summed E-state index contributed by atoms with van der Waals surface area (Å²) in [4.78, 5) is 50.5. The number of benzene rings is 1. The topological polar surface area (TPSA) is 135 Å². The van der Waals surface area contributed by atoms with Crippen LogP contribution in [0.3, 0.4) is 0 Å². The summed E-state index contributed by atoms with van der Waals surface area (Å²) >= 11 is 0. The first-order chi connectivity index (χ1) is 17.5. The van der Waals surface area contributed by atoms with E-state index in [-0.39, 0.29) is 56.1 Å². The molecule has 4 amide bonds. The molecule has 0 radical (unpaired) electrons. The van der Waals surface area contributed by atoms with Crippen molar-refractivity contribution in [1.29, 1.82) is 0 Å². The minimum atomic E-state index is -0.696. The zero-order chi connectivity index (χ0) is 25.3.